The predicted octanol–water partition coefficient (Wildman–Crippen LogP) is 3.12. The maximum atomic E-state index is 13.5. The van der Waals surface area contributed by atoms with Crippen molar-refractivity contribution in [1.82, 2.24) is 15.0 Å². The third kappa shape index (κ3) is 4.13. The molecule has 1 amide bonds. The highest BCUT2D eigenvalue weighted by Gasteiger charge is 2.04. The molecule has 2 aromatic carbocycles. The van der Waals surface area contributed by atoms with Crippen molar-refractivity contribution in [2.24, 2.45) is 0 Å². The third-order valence-electron chi connectivity index (χ3n) is 3.28. The van der Waals surface area contributed by atoms with Crippen molar-refractivity contribution in [1.29, 1.82) is 0 Å². The van der Waals surface area contributed by atoms with Gasteiger partial charge in [-0.1, -0.05) is 47.7 Å². The van der Waals surface area contributed by atoms with Gasteiger partial charge < -0.3 is 5.32 Å². The van der Waals surface area contributed by atoms with Gasteiger partial charge in [-0.2, -0.15) is 0 Å². The zero-order valence-electron chi connectivity index (χ0n) is 12.8. The Morgan fingerprint density at radius 2 is 1.88 bits per heavy atom. The second-order valence-electron chi connectivity index (χ2n) is 5.13. The van der Waals surface area contributed by atoms with Crippen LogP contribution >= 0.6 is 0 Å². The summed E-state index contributed by atoms with van der Waals surface area (Å²) in [6.07, 6.45) is 4.56. The molecule has 0 fully saturated rings. The van der Waals surface area contributed by atoms with E-state index in [-0.39, 0.29) is 5.69 Å². The first-order chi connectivity index (χ1) is 11.7. The number of hydrogen-bond donors (Lipinski definition) is 1. The molecule has 0 radical (unpaired) electrons. The van der Waals surface area contributed by atoms with Gasteiger partial charge in [0.2, 0.25) is 5.91 Å². The summed E-state index contributed by atoms with van der Waals surface area (Å²) in [4.78, 5) is 11.8. The maximum absolute atomic E-state index is 13.5. The largest absolute Gasteiger partial charge is 0.320 e. The standard InChI is InChI=1S/C18H15FN4O/c19-16-8-4-5-9-17(16)20-18(24)11-10-15-13-23(22-21-15)12-14-6-2-1-3-7-14/h1-11,13H,12H2,(H,20,24). The molecule has 1 N–H and O–H groups in total. The number of nitrogens with zero attached hydrogens (tertiary/aromatic N) is 3. The van der Waals surface area contributed by atoms with Crippen LogP contribution in [-0.2, 0) is 11.3 Å². The van der Waals surface area contributed by atoms with Gasteiger partial charge in [-0.15, -0.1) is 5.10 Å². The van der Waals surface area contributed by atoms with E-state index in [1.807, 2.05) is 30.3 Å². The summed E-state index contributed by atoms with van der Waals surface area (Å²) in [6.45, 7) is 0.600. The molecular weight excluding hydrogens is 307 g/mol. The average molecular weight is 322 g/mol. The van der Waals surface area contributed by atoms with Gasteiger partial charge in [0.05, 0.1) is 18.4 Å². The van der Waals surface area contributed by atoms with Crippen LogP contribution in [0.25, 0.3) is 6.08 Å². The molecule has 0 bridgehead atoms. The van der Waals surface area contributed by atoms with E-state index < -0.39 is 11.7 Å². The molecule has 0 aliphatic rings. The normalized spacial score (nSPS) is 10.9. The van der Waals surface area contributed by atoms with Crippen LogP contribution in [0.5, 0.6) is 0 Å². The van der Waals surface area contributed by atoms with E-state index in [1.165, 1.54) is 24.3 Å². The molecule has 6 heteroatoms. The van der Waals surface area contributed by atoms with Crippen LogP contribution in [0.1, 0.15) is 11.3 Å². The lowest BCUT2D eigenvalue weighted by Crippen LogP contribution is -2.09. The second-order valence-corrected chi connectivity index (χ2v) is 5.13. The molecular formula is C18H15FN4O. The first-order valence-electron chi connectivity index (χ1n) is 7.38. The van der Waals surface area contributed by atoms with Crippen molar-refractivity contribution in [3.8, 4) is 0 Å². The number of halogens is 1. The Morgan fingerprint density at radius 3 is 2.67 bits per heavy atom. The van der Waals surface area contributed by atoms with Crippen LogP contribution in [0, 0.1) is 5.82 Å². The molecule has 1 heterocycles. The minimum atomic E-state index is -0.479. The molecule has 0 atom stereocenters. The van der Waals surface area contributed by atoms with E-state index in [9.17, 15) is 9.18 Å². The lowest BCUT2D eigenvalue weighted by molar-refractivity contribution is -0.111. The van der Waals surface area contributed by atoms with Gasteiger partial charge in [0, 0.05) is 6.08 Å². The molecule has 0 saturated heterocycles. The van der Waals surface area contributed by atoms with Crippen molar-refractivity contribution in [3.05, 3.63) is 83.9 Å². The van der Waals surface area contributed by atoms with Gasteiger partial charge in [-0.25, -0.2) is 9.07 Å². The van der Waals surface area contributed by atoms with Gasteiger partial charge >= 0.3 is 0 Å². The highest BCUT2D eigenvalue weighted by Crippen LogP contribution is 2.12. The van der Waals surface area contributed by atoms with E-state index in [0.29, 0.717) is 12.2 Å². The second kappa shape index (κ2) is 7.32. The summed E-state index contributed by atoms with van der Waals surface area (Å²) in [5.41, 5.74) is 1.80. The highest BCUT2D eigenvalue weighted by molar-refractivity contribution is 6.01. The molecule has 120 valence electrons. The summed E-state index contributed by atoms with van der Waals surface area (Å²) in [7, 11) is 0. The number of para-hydroxylation sites is 1. The highest BCUT2D eigenvalue weighted by atomic mass is 19.1. The summed E-state index contributed by atoms with van der Waals surface area (Å²) in [5.74, 6) is -0.911. The molecule has 5 nitrogen and oxygen atoms in total. The molecule has 0 aliphatic heterocycles. The fourth-order valence-electron chi connectivity index (χ4n) is 2.14. The van der Waals surface area contributed by atoms with E-state index in [2.05, 4.69) is 15.6 Å². The molecule has 1 aromatic heterocycles. The minimum absolute atomic E-state index is 0.139. The average Bonchev–Trinajstić information content (AvgIpc) is 3.03. The first-order valence-corrected chi connectivity index (χ1v) is 7.38. The zero-order chi connectivity index (χ0) is 16.8. The number of aromatic nitrogens is 3. The zero-order valence-corrected chi connectivity index (χ0v) is 12.8. The van der Waals surface area contributed by atoms with Gasteiger partial charge in [0.15, 0.2) is 0 Å². The van der Waals surface area contributed by atoms with E-state index in [4.69, 9.17) is 0 Å². The van der Waals surface area contributed by atoms with Gasteiger partial charge in [0.25, 0.3) is 0 Å². The van der Waals surface area contributed by atoms with E-state index in [0.717, 1.165) is 5.56 Å². The molecule has 24 heavy (non-hydrogen) atoms. The molecule has 0 unspecified atom stereocenters. The third-order valence-corrected chi connectivity index (χ3v) is 3.28. The Kier molecular flexibility index (Phi) is 4.76. The van der Waals surface area contributed by atoms with Crippen molar-refractivity contribution in [3.63, 3.8) is 0 Å². The Balaban J connectivity index is 1.61. The summed E-state index contributed by atoms with van der Waals surface area (Å²) in [6, 6.07) is 15.9. The van der Waals surface area contributed by atoms with Gasteiger partial charge in [-0.05, 0) is 23.8 Å². The quantitative estimate of drug-likeness (QED) is 0.734. The number of anilines is 1. The van der Waals surface area contributed by atoms with Crippen LogP contribution in [-0.4, -0.2) is 20.9 Å². The number of nitrogens with one attached hydrogen (secondary N) is 1. The molecule has 0 spiro atoms. The summed E-state index contributed by atoms with van der Waals surface area (Å²) < 4.78 is 15.1. The van der Waals surface area contributed by atoms with Crippen LogP contribution in [0.4, 0.5) is 10.1 Å². The van der Waals surface area contributed by atoms with E-state index in [1.54, 1.807) is 23.0 Å². The van der Waals surface area contributed by atoms with Crippen LogP contribution in [0.15, 0.2) is 66.9 Å². The fourth-order valence-corrected chi connectivity index (χ4v) is 2.14. The smallest absolute Gasteiger partial charge is 0.248 e. The topological polar surface area (TPSA) is 59.8 Å². The predicted molar refractivity (Wildman–Crippen MR) is 89.6 cm³/mol. The lowest BCUT2D eigenvalue weighted by Gasteiger charge is -2.02. The Bertz CT molecular complexity index is 858. The Labute approximate surface area is 138 Å². The van der Waals surface area contributed by atoms with Crippen molar-refractivity contribution in [2.75, 3.05) is 5.32 Å². The summed E-state index contributed by atoms with van der Waals surface area (Å²) in [5, 5.41) is 10.5. The molecule has 0 aliphatic carbocycles. The minimum Gasteiger partial charge on any atom is -0.320 e. The number of carbonyl (C=O) groups is 1. The van der Waals surface area contributed by atoms with Crippen molar-refractivity contribution >= 4 is 17.7 Å². The Hall–Kier alpha value is -3.28. The summed E-state index contributed by atoms with van der Waals surface area (Å²) >= 11 is 0. The molecule has 0 saturated carbocycles. The number of benzene rings is 2. The number of rotatable bonds is 5. The number of hydrogen-bond acceptors (Lipinski definition) is 3. The number of carbonyl (C=O) groups excluding carboxylic acids is 1. The SMILES string of the molecule is O=C(C=Cc1cn(Cc2ccccc2)nn1)Nc1ccccc1F. The van der Waals surface area contributed by atoms with Crippen molar-refractivity contribution < 1.29 is 9.18 Å². The van der Waals surface area contributed by atoms with Crippen LogP contribution < -0.4 is 5.32 Å². The van der Waals surface area contributed by atoms with E-state index >= 15 is 0 Å². The fraction of sp³-hybridized carbons (Fsp3) is 0.0556. The van der Waals surface area contributed by atoms with Crippen LogP contribution in [0.3, 0.4) is 0 Å². The first kappa shape index (κ1) is 15.6. The van der Waals surface area contributed by atoms with Crippen LogP contribution in [0.2, 0.25) is 0 Å². The van der Waals surface area contributed by atoms with Crippen molar-refractivity contribution in [2.45, 2.75) is 6.54 Å². The molecule has 3 aromatic rings. The lowest BCUT2D eigenvalue weighted by atomic mass is 10.2. The molecule has 3 rings (SSSR count). The maximum Gasteiger partial charge on any atom is 0.248 e. The number of amides is 1. The van der Waals surface area contributed by atoms with Gasteiger partial charge in [-0.3, -0.25) is 4.79 Å². The van der Waals surface area contributed by atoms with Gasteiger partial charge in [0.1, 0.15) is 11.5 Å². The Morgan fingerprint density at radius 1 is 1.12 bits per heavy atom. The monoisotopic (exact) mass is 322 g/mol.